The highest BCUT2D eigenvalue weighted by Gasteiger charge is 2.10. The van der Waals surface area contributed by atoms with Gasteiger partial charge in [-0.3, -0.25) is 28.8 Å². The average molecular weight is 627 g/mol. The van der Waals surface area contributed by atoms with Crippen molar-refractivity contribution in [1.82, 2.24) is 31.9 Å². The van der Waals surface area contributed by atoms with Crippen molar-refractivity contribution >= 4 is 35.4 Å². The van der Waals surface area contributed by atoms with Gasteiger partial charge in [-0.1, -0.05) is 36.4 Å². The van der Waals surface area contributed by atoms with Crippen LogP contribution in [-0.4, -0.2) is 101 Å². The van der Waals surface area contributed by atoms with Crippen molar-refractivity contribution in [2.75, 3.05) is 65.7 Å². The quantitative estimate of drug-likeness (QED) is 0.0943. The summed E-state index contributed by atoms with van der Waals surface area (Å²) in [4.78, 5) is 71.2. The summed E-state index contributed by atoms with van der Waals surface area (Å²) in [5.74, 6) is -2.33. The van der Waals surface area contributed by atoms with Crippen molar-refractivity contribution in [3.05, 3.63) is 71.8 Å². The molecule has 6 amide bonds. The molecule has 0 aromatic heterocycles. The minimum Gasteiger partial charge on any atom is -0.381 e. The molecule has 0 unspecified atom stereocenters. The first kappa shape index (κ1) is 36.4. The Morgan fingerprint density at radius 3 is 1.16 bits per heavy atom. The summed E-state index contributed by atoms with van der Waals surface area (Å²) in [5, 5.41) is 15.3. The van der Waals surface area contributed by atoms with Gasteiger partial charge in [-0.15, -0.1) is 0 Å². The SMILES string of the molecule is O=C(CNC(=O)CNC(=O)c1ccccc1)NCCCOCCCOCCCNC(=O)CNC(=O)CNC(=O)c1ccccc1. The first-order valence-electron chi connectivity index (χ1n) is 14.7. The molecule has 0 aliphatic rings. The molecule has 0 radical (unpaired) electrons. The summed E-state index contributed by atoms with van der Waals surface area (Å²) in [6.07, 6.45) is 1.91. The van der Waals surface area contributed by atoms with E-state index in [-0.39, 0.29) is 49.8 Å². The molecule has 2 rings (SSSR count). The van der Waals surface area contributed by atoms with E-state index in [4.69, 9.17) is 9.47 Å². The van der Waals surface area contributed by atoms with Crippen LogP contribution >= 0.6 is 0 Å². The molecule has 6 N–H and O–H groups in total. The van der Waals surface area contributed by atoms with Crippen molar-refractivity contribution in [1.29, 1.82) is 0 Å². The lowest BCUT2D eigenvalue weighted by atomic mass is 10.2. The first-order valence-corrected chi connectivity index (χ1v) is 14.7. The largest absolute Gasteiger partial charge is 0.381 e. The molecule has 2 aromatic rings. The third kappa shape index (κ3) is 17.8. The molecule has 0 aliphatic carbocycles. The van der Waals surface area contributed by atoms with Gasteiger partial charge in [0.1, 0.15) is 0 Å². The zero-order chi connectivity index (χ0) is 32.5. The van der Waals surface area contributed by atoms with Gasteiger partial charge in [0.15, 0.2) is 0 Å². The number of rotatable bonds is 22. The fourth-order valence-electron chi connectivity index (χ4n) is 3.58. The Hall–Kier alpha value is -4.82. The van der Waals surface area contributed by atoms with Crippen LogP contribution in [0.2, 0.25) is 0 Å². The maximum atomic E-state index is 11.9. The molecule has 244 valence electrons. The van der Waals surface area contributed by atoms with E-state index < -0.39 is 11.8 Å². The normalized spacial score (nSPS) is 10.3. The summed E-state index contributed by atoms with van der Waals surface area (Å²) < 4.78 is 11.0. The topological polar surface area (TPSA) is 193 Å². The van der Waals surface area contributed by atoms with Crippen LogP contribution in [0.5, 0.6) is 0 Å². The van der Waals surface area contributed by atoms with Gasteiger partial charge in [0.25, 0.3) is 11.8 Å². The zero-order valence-corrected chi connectivity index (χ0v) is 25.2. The van der Waals surface area contributed by atoms with Gasteiger partial charge in [-0.05, 0) is 43.5 Å². The second-order valence-corrected chi connectivity index (χ2v) is 9.64. The zero-order valence-electron chi connectivity index (χ0n) is 25.2. The van der Waals surface area contributed by atoms with Gasteiger partial charge in [0.2, 0.25) is 23.6 Å². The van der Waals surface area contributed by atoms with E-state index in [1.54, 1.807) is 60.7 Å². The predicted molar refractivity (Wildman–Crippen MR) is 165 cm³/mol. The Labute approximate surface area is 262 Å². The molecular formula is C31H42N6O8. The number of hydrogen-bond acceptors (Lipinski definition) is 8. The monoisotopic (exact) mass is 626 g/mol. The molecular weight excluding hydrogens is 584 g/mol. The number of carbonyl (C=O) groups excluding carboxylic acids is 6. The van der Waals surface area contributed by atoms with Crippen molar-refractivity contribution in [2.45, 2.75) is 19.3 Å². The lowest BCUT2D eigenvalue weighted by Crippen LogP contribution is -2.42. The van der Waals surface area contributed by atoms with Crippen LogP contribution in [0.25, 0.3) is 0 Å². The Balaban J connectivity index is 1.32. The standard InChI is InChI=1S/C31H42N6O8/c38-26(20-34-28(40)22-36-30(42)24-10-3-1-4-11-24)32-14-7-16-44-18-9-19-45-17-8-15-33-27(39)21-35-29(41)23-37-31(43)25-12-5-2-6-13-25/h1-6,10-13H,7-9,14-23H2,(H,32,38)(H,33,39)(H,34,40)(H,35,41)(H,36,42)(H,37,43). The van der Waals surface area contributed by atoms with Crippen LogP contribution in [0.15, 0.2) is 60.7 Å². The van der Waals surface area contributed by atoms with E-state index in [9.17, 15) is 28.8 Å². The summed E-state index contributed by atoms with van der Waals surface area (Å²) in [5.41, 5.74) is 0.894. The van der Waals surface area contributed by atoms with Crippen molar-refractivity contribution in [2.24, 2.45) is 0 Å². The Morgan fingerprint density at radius 2 is 0.756 bits per heavy atom. The predicted octanol–water partition coefficient (Wildman–Crippen LogP) is -0.485. The highest BCUT2D eigenvalue weighted by molar-refractivity contribution is 5.97. The molecule has 2 aromatic carbocycles. The molecule has 14 nitrogen and oxygen atoms in total. The number of nitrogens with one attached hydrogen (secondary N) is 6. The first-order chi connectivity index (χ1) is 21.8. The second kappa shape index (κ2) is 22.7. The number of benzene rings is 2. The molecule has 0 saturated carbocycles. The van der Waals surface area contributed by atoms with Crippen molar-refractivity contribution < 1.29 is 38.2 Å². The van der Waals surface area contributed by atoms with E-state index in [2.05, 4.69) is 31.9 Å². The van der Waals surface area contributed by atoms with Gasteiger partial charge in [0, 0.05) is 50.6 Å². The summed E-state index contributed by atoms with van der Waals surface area (Å²) in [7, 11) is 0. The molecule has 14 heteroatoms. The van der Waals surface area contributed by atoms with Gasteiger partial charge in [0.05, 0.1) is 26.2 Å². The maximum Gasteiger partial charge on any atom is 0.251 e. The second-order valence-electron chi connectivity index (χ2n) is 9.64. The van der Waals surface area contributed by atoms with Crippen LogP contribution in [0.1, 0.15) is 40.0 Å². The minimum absolute atomic E-state index is 0.186. The Kier molecular flexibility index (Phi) is 18.3. The Morgan fingerprint density at radius 1 is 0.422 bits per heavy atom. The van der Waals surface area contributed by atoms with E-state index in [0.717, 1.165) is 0 Å². The highest BCUT2D eigenvalue weighted by atomic mass is 16.5. The van der Waals surface area contributed by atoms with Crippen LogP contribution in [-0.2, 0) is 28.7 Å². The number of amides is 6. The molecule has 0 spiro atoms. The summed E-state index contributed by atoms with van der Waals surface area (Å²) >= 11 is 0. The molecule has 0 saturated heterocycles. The van der Waals surface area contributed by atoms with Crippen LogP contribution < -0.4 is 31.9 Å². The third-order valence-corrected chi connectivity index (χ3v) is 5.94. The average Bonchev–Trinajstić information content (AvgIpc) is 3.06. The van der Waals surface area contributed by atoms with Gasteiger partial charge in [-0.25, -0.2) is 0 Å². The van der Waals surface area contributed by atoms with Crippen LogP contribution in [0.4, 0.5) is 0 Å². The number of carbonyl (C=O) groups is 6. The lowest BCUT2D eigenvalue weighted by molar-refractivity contribution is -0.125. The van der Waals surface area contributed by atoms with E-state index in [1.165, 1.54) is 0 Å². The summed E-state index contributed by atoms with van der Waals surface area (Å²) in [6.45, 7) is 1.89. The number of hydrogen-bond donors (Lipinski definition) is 6. The molecule has 45 heavy (non-hydrogen) atoms. The molecule has 0 heterocycles. The van der Waals surface area contributed by atoms with Crippen molar-refractivity contribution in [3.63, 3.8) is 0 Å². The van der Waals surface area contributed by atoms with Gasteiger partial charge >= 0.3 is 0 Å². The summed E-state index contributed by atoms with van der Waals surface area (Å²) in [6, 6.07) is 17.0. The van der Waals surface area contributed by atoms with E-state index >= 15 is 0 Å². The van der Waals surface area contributed by atoms with Crippen LogP contribution in [0, 0.1) is 0 Å². The molecule has 0 aliphatic heterocycles. The van der Waals surface area contributed by atoms with E-state index in [1.807, 2.05) is 0 Å². The van der Waals surface area contributed by atoms with Gasteiger partial charge < -0.3 is 41.4 Å². The minimum atomic E-state index is -0.464. The molecule has 0 atom stereocenters. The van der Waals surface area contributed by atoms with Gasteiger partial charge in [-0.2, -0.15) is 0 Å². The third-order valence-electron chi connectivity index (χ3n) is 5.94. The lowest BCUT2D eigenvalue weighted by Gasteiger charge is -2.09. The number of ether oxygens (including phenoxy) is 2. The smallest absolute Gasteiger partial charge is 0.251 e. The highest BCUT2D eigenvalue weighted by Crippen LogP contribution is 1.98. The Bertz CT molecular complexity index is 1120. The molecule has 0 fully saturated rings. The fourth-order valence-corrected chi connectivity index (χ4v) is 3.58. The molecule has 0 bridgehead atoms. The fraction of sp³-hybridized carbons (Fsp3) is 0.419. The van der Waals surface area contributed by atoms with Crippen LogP contribution in [0.3, 0.4) is 0 Å². The van der Waals surface area contributed by atoms with Crippen molar-refractivity contribution in [3.8, 4) is 0 Å². The maximum absolute atomic E-state index is 11.9. The van der Waals surface area contributed by atoms with E-state index in [0.29, 0.717) is 69.9 Å².